The van der Waals surface area contributed by atoms with Crippen molar-refractivity contribution in [1.82, 2.24) is 15.1 Å². The Bertz CT molecular complexity index is 682. The van der Waals surface area contributed by atoms with Crippen molar-refractivity contribution in [1.29, 1.82) is 0 Å². The van der Waals surface area contributed by atoms with Gasteiger partial charge in [-0.15, -0.1) is 0 Å². The van der Waals surface area contributed by atoms with E-state index in [1.54, 1.807) is 0 Å². The highest BCUT2D eigenvalue weighted by Crippen LogP contribution is 2.19. The number of aromatic nitrogens is 2. The van der Waals surface area contributed by atoms with Gasteiger partial charge < -0.3 is 19.5 Å². The van der Waals surface area contributed by atoms with Gasteiger partial charge >= 0.3 is 5.97 Å². The first kappa shape index (κ1) is 21.8. The fourth-order valence-corrected chi connectivity index (χ4v) is 3.84. The molecule has 1 atom stereocenters. The highest BCUT2D eigenvalue weighted by atomic mass is 16.5. The van der Waals surface area contributed by atoms with E-state index in [0.29, 0.717) is 57.9 Å². The number of esters is 1. The fourth-order valence-electron chi connectivity index (χ4n) is 3.84. The molecule has 0 spiro atoms. The van der Waals surface area contributed by atoms with Crippen molar-refractivity contribution in [2.45, 2.75) is 58.4 Å². The molecule has 3 heterocycles. The van der Waals surface area contributed by atoms with Crippen molar-refractivity contribution in [2.24, 2.45) is 5.92 Å². The van der Waals surface area contributed by atoms with Crippen LogP contribution < -0.4 is 5.32 Å². The molecule has 1 aromatic rings. The first-order valence-corrected chi connectivity index (χ1v) is 10.9. The molecule has 2 aliphatic heterocycles. The number of nitrogens with zero attached hydrogens (tertiary/aromatic N) is 2. The SMILES string of the molecule is CCc1nn(CCCOC(=O)C2CCCOC2)c2c1C(=O)NCCCOCCC2. The summed E-state index contributed by atoms with van der Waals surface area (Å²) in [5.41, 5.74) is 2.50. The third kappa shape index (κ3) is 6.02. The molecule has 1 aromatic heterocycles. The summed E-state index contributed by atoms with van der Waals surface area (Å²) in [7, 11) is 0. The molecule has 3 rings (SSSR count). The second kappa shape index (κ2) is 11.3. The quantitative estimate of drug-likeness (QED) is 0.572. The van der Waals surface area contributed by atoms with Crippen LogP contribution in [0.5, 0.6) is 0 Å². The number of nitrogens with one attached hydrogen (secondary N) is 1. The maximum Gasteiger partial charge on any atom is 0.311 e. The first-order valence-electron chi connectivity index (χ1n) is 10.9. The summed E-state index contributed by atoms with van der Waals surface area (Å²) in [6.45, 7) is 6.12. The molecular weight excluding hydrogens is 374 g/mol. The Balaban J connectivity index is 1.61. The normalized spacial score (nSPS) is 21.0. The number of carbonyl (C=O) groups excluding carboxylic acids is 2. The summed E-state index contributed by atoms with van der Waals surface area (Å²) < 4.78 is 18.3. The van der Waals surface area contributed by atoms with Crippen molar-refractivity contribution in [3.63, 3.8) is 0 Å². The van der Waals surface area contributed by atoms with Crippen LogP contribution in [0.4, 0.5) is 0 Å². The lowest BCUT2D eigenvalue weighted by atomic mass is 10.0. The summed E-state index contributed by atoms with van der Waals surface area (Å²) in [4.78, 5) is 24.9. The number of hydrogen-bond acceptors (Lipinski definition) is 6. The van der Waals surface area contributed by atoms with Crippen molar-refractivity contribution in [3.05, 3.63) is 17.0 Å². The topological polar surface area (TPSA) is 91.7 Å². The smallest absolute Gasteiger partial charge is 0.311 e. The highest BCUT2D eigenvalue weighted by Gasteiger charge is 2.24. The van der Waals surface area contributed by atoms with Crippen LogP contribution in [-0.4, -0.2) is 61.2 Å². The number of fused-ring (bicyclic) bond motifs is 1. The molecule has 1 fully saturated rings. The van der Waals surface area contributed by atoms with Gasteiger partial charge in [-0.3, -0.25) is 14.3 Å². The van der Waals surface area contributed by atoms with Gasteiger partial charge in [0.15, 0.2) is 0 Å². The Kier molecular flexibility index (Phi) is 8.49. The highest BCUT2D eigenvalue weighted by molar-refractivity contribution is 5.96. The molecule has 8 heteroatoms. The molecule has 0 aromatic carbocycles. The first-order chi connectivity index (χ1) is 14.2. The number of ether oxygens (including phenoxy) is 3. The Morgan fingerprint density at radius 1 is 1.24 bits per heavy atom. The van der Waals surface area contributed by atoms with E-state index in [-0.39, 0.29) is 17.8 Å². The molecule has 0 saturated carbocycles. The number of carbonyl (C=O) groups is 2. The Morgan fingerprint density at radius 3 is 2.86 bits per heavy atom. The molecule has 2 aliphatic rings. The number of amides is 1. The summed E-state index contributed by atoms with van der Waals surface area (Å²) in [6, 6.07) is 0. The summed E-state index contributed by atoms with van der Waals surface area (Å²) >= 11 is 0. The lowest BCUT2D eigenvalue weighted by molar-refractivity contribution is -0.153. The Morgan fingerprint density at radius 2 is 2.07 bits per heavy atom. The molecule has 8 nitrogen and oxygen atoms in total. The van der Waals surface area contributed by atoms with Crippen LogP contribution in [0.1, 0.15) is 60.8 Å². The van der Waals surface area contributed by atoms with E-state index in [1.807, 2.05) is 11.6 Å². The number of aryl methyl sites for hydroxylation is 2. The average molecular weight is 408 g/mol. The molecule has 0 bridgehead atoms. The van der Waals surface area contributed by atoms with E-state index < -0.39 is 0 Å². The van der Waals surface area contributed by atoms with Crippen LogP contribution in [0.25, 0.3) is 0 Å². The Hall–Kier alpha value is -1.93. The summed E-state index contributed by atoms with van der Waals surface area (Å²) in [5.74, 6) is -0.357. The predicted octanol–water partition coefficient (Wildman–Crippen LogP) is 1.89. The second-order valence-electron chi connectivity index (χ2n) is 7.61. The monoisotopic (exact) mass is 407 g/mol. The van der Waals surface area contributed by atoms with Crippen molar-refractivity contribution < 1.29 is 23.8 Å². The van der Waals surface area contributed by atoms with Crippen LogP contribution in [0.2, 0.25) is 0 Å². The van der Waals surface area contributed by atoms with E-state index in [0.717, 1.165) is 50.1 Å². The molecule has 1 unspecified atom stereocenters. The maximum atomic E-state index is 12.7. The van der Waals surface area contributed by atoms with E-state index in [1.165, 1.54) is 0 Å². The minimum Gasteiger partial charge on any atom is -0.465 e. The van der Waals surface area contributed by atoms with Crippen LogP contribution in [0.15, 0.2) is 0 Å². The van der Waals surface area contributed by atoms with E-state index in [4.69, 9.17) is 14.2 Å². The van der Waals surface area contributed by atoms with E-state index >= 15 is 0 Å². The van der Waals surface area contributed by atoms with E-state index in [9.17, 15) is 9.59 Å². The molecule has 1 saturated heterocycles. The van der Waals surface area contributed by atoms with Gasteiger partial charge in [0, 0.05) is 39.3 Å². The van der Waals surface area contributed by atoms with E-state index in [2.05, 4.69) is 10.4 Å². The van der Waals surface area contributed by atoms with Gasteiger partial charge in [-0.25, -0.2) is 0 Å². The van der Waals surface area contributed by atoms with Gasteiger partial charge in [0.1, 0.15) is 0 Å². The molecule has 162 valence electrons. The predicted molar refractivity (Wildman–Crippen MR) is 107 cm³/mol. The van der Waals surface area contributed by atoms with Crippen molar-refractivity contribution in [3.8, 4) is 0 Å². The van der Waals surface area contributed by atoms with Gasteiger partial charge in [0.2, 0.25) is 0 Å². The summed E-state index contributed by atoms with van der Waals surface area (Å²) in [6.07, 6.45) is 5.52. The van der Waals surface area contributed by atoms with Gasteiger partial charge in [-0.2, -0.15) is 5.10 Å². The minimum absolute atomic E-state index is 0.0475. The lowest BCUT2D eigenvalue weighted by Crippen LogP contribution is -2.27. The van der Waals surface area contributed by atoms with Crippen LogP contribution in [-0.2, 0) is 38.4 Å². The zero-order valence-electron chi connectivity index (χ0n) is 17.4. The second-order valence-corrected chi connectivity index (χ2v) is 7.61. The van der Waals surface area contributed by atoms with Crippen LogP contribution in [0.3, 0.4) is 0 Å². The van der Waals surface area contributed by atoms with Gasteiger partial charge in [-0.1, -0.05) is 6.92 Å². The standard InChI is InChI=1S/C21H33N3O5/c1-2-17-19-18(8-4-11-27-13-5-9-22-20(19)25)24(23-17)10-6-14-29-21(26)16-7-3-12-28-15-16/h16H,2-15H2,1H3,(H,22,25). The largest absolute Gasteiger partial charge is 0.465 e. The van der Waals surface area contributed by atoms with Crippen LogP contribution in [0, 0.1) is 5.92 Å². The Labute approximate surface area is 172 Å². The van der Waals surface area contributed by atoms with Gasteiger partial charge in [0.25, 0.3) is 5.91 Å². The maximum absolute atomic E-state index is 12.7. The molecule has 1 N–H and O–H groups in total. The fraction of sp³-hybridized carbons (Fsp3) is 0.762. The van der Waals surface area contributed by atoms with Crippen molar-refractivity contribution in [2.75, 3.05) is 39.6 Å². The van der Waals surface area contributed by atoms with Crippen molar-refractivity contribution >= 4 is 11.9 Å². The van der Waals surface area contributed by atoms with Gasteiger partial charge in [0.05, 0.1) is 36.1 Å². The minimum atomic E-state index is -0.171. The zero-order chi connectivity index (χ0) is 20.5. The van der Waals surface area contributed by atoms with Gasteiger partial charge in [-0.05, 0) is 38.5 Å². The third-order valence-electron chi connectivity index (χ3n) is 5.40. The zero-order valence-corrected chi connectivity index (χ0v) is 17.4. The molecular formula is C21H33N3O5. The molecule has 1 amide bonds. The number of rotatable bonds is 6. The molecule has 0 aliphatic carbocycles. The number of hydrogen-bond donors (Lipinski definition) is 1. The molecule has 0 radical (unpaired) electrons. The summed E-state index contributed by atoms with van der Waals surface area (Å²) in [5, 5.41) is 7.68. The average Bonchev–Trinajstić information content (AvgIpc) is 3.08. The van der Waals surface area contributed by atoms with Crippen LogP contribution >= 0.6 is 0 Å². The molecule has 29 heavy (non-hydrogen) atoms. The lowest BCUT2D eigenvalue weighted by Gasteiger charge is -2.20. The third-order valence-corrected chi connectivity index (χ3v) is 5.40.